The highest BCUT2D eigenvalue weighted by Crippen LogP contribution is 2.37. The molecule has 0 N–H and O–H groups in total. The third-order valence-corrected chi connectivity index (χ3v) is 7.37. The van der Waals surface area contributed by atoms with Crippen LogP contribution in [0, 0.1) is 17.0 Å². The zero-order valence-electron chi connectivity index (χ0n) is 24.6. The van der Waals surface area contributed by atoms with Crippen molar-refractivity contribution in [3.63, 3.8) is 0 Å². The minimum absolute atomic E-state index is 0.103. The van der Waals surface area contributed by atoms with Crippen LogP contribution in [0.15, 0.2) is 81.2 Å². The Kier molecular flexibility index (Phi) is 8.72. The second-order valence-electron chi connectivity index (χ2n) is 10.1. The highest BCUT2D eigenvalue weighted by Gasteiger charge is 2.19. The quantitative estimate of drug-likeness (QED) is 0.0920. The van der Waals surface area contributed by atoms with Gasteiger partial charge in [-0.3, -0.25) is 14.9 Å². The van der Waals surface area contributed by atoms with Gasteiger partial charge in [0.15, 0.2) is 17.3 Å². The van der Waals surface area contributed by atoms with Gasteiger partial charge in [0.2, 0.25) is 5.88 Å². The lowest BCUT2D eigenvalue weighted by atomic mass is 9.96. The third-order valence-electron chi connectivity index (χ3n) is 6.91. The predicted molar refractivity (Wildman–Crippen MR) is 171 cm³/mol. The first-order valence-corrected chi connectivity index (χ1v) is 14.3. The largest absolute Gasteiger partial charge is 0.496 e. The lowest BCUT2D eigenvalue weighted by Gasteiger charge is -2.17. The van der Waals surface area contributed by atoms with Crippen LogP contribution in [0.3, 0.4) is 0 Å². The summed E-state index contributed by atoms with van der Waals surface area (Å²) in [6.07, 6.45) is 2.57. The van der Waals surface area contributed by atoms with Gasteiger partial charge in [-0.25, -0.2) is 9.97 Å². The van der Waals surface area contributed by atoms with Gasteiger partial charge >= 0.3 is 0 Å². The lowest BCUT2D eigenvalue weighted by Crippen LogP contribution is -2.21. The fraction of sp³-hybridized carbons (Fsp3) is 0.188. The van der Waals surface area contributed by atoms with E-state index in [2.05, 4.69) is 39.9 Å². The third kappa shape index (κ3) is 6.02. The molecular formula is C32H28BrN5O6. The molecule has 44 heavy (non-hydrogen) atoms. The summed E-state index contributed by atoms with van der Waals surface area (Å²) >= 11 is 3.49. The van der Waals surface area contributed by atoms with E-state index < -0.39 is 4.92 Å². The van der Waals surface area contributed by atoms with Gasteiger partial charge < -0.3 is 14.2 Å². The Morgan fingerprint density at radius 3 is 2.45 bits per heavy atom. The number of hydrogen-bond acceptors (Lipinski definition) is 9. The number of fused-ring (bicyclic) bond motifs is 1. The fourth-order valence-electron chi connectivity index (χ4n) is 4.68. The van der Waals surface area contributed by atoms with E-state index in [0.29, 0.717) is 32.5 Å². The molecule has 11 nitrogen and oxygen atoms in total. The van der Waals surface area contributed by atoms with Crippen molar-refractivity contribution in [2.45, 2.75) is 26.7 Å². The van der Waals surface area contributed by atoms with Crippen molar-refractivity contribution in [3.05, 3.63) is 108 Å². The van der Waals surface area contributed by atoms with Crippen LogP contribution in [0.25, 0.3) is 22.3 Å². The molecule has 0 aliphatic carbocycles. The van der Waals surface area contributed by atoms with E-state index in [0.717, 1.165) is 28.6 Å². The Hall–Kier alpha value is -5.10. The Morgan fingerprint density at radius 1 is 1.05 bits per heavy atom. The number of halogens is 1. The molecule has 2 heterocycles. The van der Waals surface area contributed by atoms with Crippen molar-refractivity contribution < 1.29 is 19.1 Å². The molecule has 0 saturated heterocycles. The van der Waals surface area contributed by atoms with Crippen LogP contribution in [0.4, 0.5) is 5.69 Å². The van der Waals surface area contributed by atoms with Gasteiger partial charge in [-0.1, -0.05) is 41.9 Å². The van der Waals surface area contributed by atoms with Gasteiger partial charge in [0, 0.05) is 27.7 Å². The van der Waals surface area contributed by atoms with Gasteiger partial charge in [0.1, 0.15) is 11.9 Å². The maximum atomic E-state index is 13.9. The van der Waals surface area contributed by atoms with Crippen LogP contribution in [-0.2, 0) is 0 Å². The Balaban J connectivity index is 1.70. The molecule has 2 aromatic heterocycles. The maximum absolute atomic E-state index is 13.9. The predicted octanol–water partition coefficient (Wildman–Crippen LogP) is 7.25. The van der Waals surface area contributed by atoms with E-state index in [4.69, 9.17) is 19.2 Å². The number of pyridine rings is 1. The van der Waals surface area contributed by atoms with Crippen molar-refractivity contribution in [2.75, 3.05) is 14.2 Å². The van der Waals surface area contributed by atoms with Crippen LogP contribution < -0.4 is 19.8 Å². The molecule has 0 fully saturated rings. The van der Waals surface area contributed by atoms with E-state index in [1.165, 1.54) is 30.1 Å². The summed E-state index contributed by atoms with van der Waals surface area (Å²) < 4.78 is 19.1. The summed E-state index contributed by atoms with van der Waals surface area (Å²) in [5.41, 5.74) is 3.00. The number of aryl methyl sites for hydroxylation is 1. The van der Waals surface area contributed by atoms with Gasteiger partial charge in [0.05, 0.1) is 36.3 Å². The molecule has 0 spiro atoms. The fourth-order valence-corrected chi connectivity index (χ4v) is 5.14. The number of para-hydroxylation sites is 1. The van der Waals surface area contributed by atoms with Crippen molar-refractivity contribution >= 4 is 38.7 Å². The normalized spacial score (nSPS) is 11.3. The Bertz CT molecular complexity index is 1970. The van der Waals surface area contributed by atoms with Crippen LogP contribution in [-0.4, -0.2) is 40.0 Å². The number of benzene rings is 3. The van der Waals surface area contributed by atoms with E-state index in [9.17, 15) is 14.9 Å². The first kappa shape index (κ1) is 30.4. The molecule has 5 rings (SSSR count). The highest BCUT2D eigenvalue weighted by atomic mass is 79.9. The number of methoxy groups -OCH3 is 2. The molecule has 0 amide bonds. The molecule has 224 valence electrons. The number of aromatic nitrogens is 3. The highest BCUT2D eigenvalue weighted by molar-refractivity contribution is 9.10. The molecule has 0 unspecified atom stereocenters. The molecule has 0 saturated carbocycles. The minimum atomic E-state index is -0.545. The lowest BCUT2D eigenvalue weighted by molar-refractivity contribution is -0.385. The molecule has 0 bridgehead atoms. The molecule has 12 heteroatoms. The smallest absolute Gasteiger partial charge is 0.287 e. The molecule has 3 aromatic carbocycles. The number of nitrogens with zero attached hydrogens (tertiary/aromatic N) is 5. The minimum Gasteiger partial charge on any atom is -0.496 e. The number of ether oxygens (including phenoxy) is 3. The Morgan fingerprint density at radius 2 is 1.80 bits per heavy atom. The zero-order chi connectivity index (χ0) is 31.5. The second kappa shape index (κ2) is 12.6. The van der Waals surface area contributed by atoms with Crippen LogP contribution in [0.1, 0.15) is 36.5 Å². The summed E-state index contributed by atoms with van der Waals surface area (Å²) in [5, 5.41) is 16.1. The second-order valence-corrected chi connectivity index (χ2v) is 11.0. The summed E-state index contributed by atoms with van der Waals surface area (Å²) in [6.45, 7) is 6.07. The zero-order valence-corrected chi connectivity index (χ0v) is 26.2. The van der Waals surface area contributed by atoms with Crippen LogP contribution in [0.5, 0.6) is 23.1 Å². The summed E-state index contributed by atoms with van der Waals surface area (Å²) in [7, 11) is 3.11. The molecule has 0 aliphatic rings. The van der Waals surface area contributed by atoms with E-state index in [1.54, 1.807) is 37.4 Å². The number of hydrogen-bond donors (Lipinski definition) is 0. The van der Waals surface area contributed by atoms with Crippen LogP contribution >= 0.6 is 15.9 Å². The van der Waals surface area contributed by atoms with E-state index >= 15 is 0 Å². The van der Waals surface area contributed by atoms with Gasteiger partial charge in [-0.2, -0.15) is 9.78 Å². The molecule has 0 radical (unpaired) electrons. The SMILES string of the molecule is COc1cc(C)c(-c2nc3ccccc3c(=O)n2N=Cc2cc(Br)cc(OC)c2Oc2ccc([N+](=O)[O-])cn2)cc1C(C)C. The van der Waals surface area contributed by atoms with Crippen LogP contribution in [0.2, 0.25) is 0 Å². The first-order chi connectivity index (χ1) is 21.1. The molecule has 0 atom stereocenters. The summed E-state index contributed by atoms with van der Waals surface area (Å²) in [5.74, 6) is 1.95. The van der Waals surface area contributed by atoms with Crippen molar-refractivity contribution in [1.29, 1.82) is 0 Å². The van der Waals surface area contributed by atoms with Gasteiger partial charge in [-0.05, 0) is 60.4 Å². The monoisotopic (exact) mass is 657 g/mol. The number of rotatable bonds is 9. The molecule has 0 aliphatic heterocycles. The topological polar surface area (TPSA) is 131 Å². The average molecular weight is 659 g/mol. The van der Waals surface area contributed by atoms with Crippen molar-refractivity contribution in [2.24, 2.45) is 5.10 Å². The van der Waals surface area contributed by atoms with E-state index in [-0.39, 0.29) is 28.8 Å². The summed E-state index contributed by atoms with van der Waals surface area (Å²) in [4.78, 5) is 33.4. The van der Waals surface area contributed by atoms with Crippen molar-refractivity contribution in [1.82, 2.24) is 14.6 Å². The van der Waals surface area contributed by atoms with Gasteiger partial charge in [0.25, 0.3) is 11.2 Å². The first-order valence-electron chi connectivity index (χ1n) is 13.5. The maximum Gasteiger partial charge on any atom is 0.287 e. The number of nitro groups is 1. The van der Waals surface area contributed by atoms with E-state index in [1.807, 2.05) is 25.1 Å². The standard InChI is InChI=1S/C32H28BrN5O6/c1-18(2)24-15-25(19(3)12-27(24)42-4)31-36-26-9-7-6-8-23(26)32(39)37(31)35-16-20-13-21(33)14-28(43-5)30(20)44-29-11-10-22(17-34-29)38(40)41/h6-18H,1-5H3. The van der Waals surface area contributed by atoms with Crippen molar-refractivity contribution in [3.8, 4) is 34.5 Å². The molecule has 5 aromatic rings. The van der Waals surface area contributed by atoms with Gasteiger partial charge in [-0.15, -0.1) is 0 Å². The summed E-state index contributed by atoms with van der Waals surface area (Å²) in [6, 6.07) is 17.1. The Labute approximate surface area is 261 Å². The average Bonchev–Trinajstić information content (AvgIpc) is 3.01. The molecular weight excluding hydrogens is 630 g/mol.